The first kappa shape index (κ1) is 8.97. The van der Waals surface area contributed by atoms with Crippen LogP contribution >= 0.6 is 0 Å². The number of Topliss-reactive ketones (excluding diaryl/α,β-unsaturated/α-hetero) is 1. The zero-order valence-electron chi connectivity index (χ0n) is 8.00. The van der Waals surface area contributed by atoms with Gasteiger partial charge in [-0.25, -0.2) is 0 Å². The van der Waals surface area contributed by atoms with Gasteiger partial charge >= 0.3 is 0 Å². The van der Waals surface area contributed by atoms with Crippen LogP contribution in [-0.2, 0) is 0 Å². The molecule has 72 valence electrons. The predicted octanol–water partition coefficient (Wildman–Crippen LogP) is 1.62. The molecule has 0 aliphatic carbocycles. The number of aryl methyl sites for hydroxylation is 1. The van der Waals surface area contributed by atoms with Crippen molar-refractivity contribution >= 4 is 16.7 Å². The van der Waals surface area contributed by atoms with Gasteiger partial charge in [-0.15, -0.1) is 0 Å². The van der Waals surface area contributed by atoms with Gasteiger partial charge in [0.15, 0.2) is 5.78 Å². The lowest BCUT2D eigenvalue weighted by atomic mass is 10.2. The van der Waals surface area contributed by atoms with E-state index in [0.29, 0.717) is 5.69 Å². The van der Waals surface area contributed by atoms with Gasteiger partial charge in [0.25, 0.3) is 0 Å². The molecule has 0 fully saturated rings. The van der Waals surface area contributed by atoms with Gasteiger partial charge in [-0.3, -0.25) is 4.79 Å². The van der Waals surface area contributed by atoms with E-state index in [0.717, 1.165) is 16.5 Å². The molecule has 3 N–H and O–H groups in total. The smallest absolute Gasteiger partial charge is 0.192 e. The Balaban J connectivity index is 2.62. The molecular formula is C11H12N2O. The molecule has 2 aromatic rings. The third kappa shape index (κ3) is 1.32. The Morgan fingerprint density at radius 3 is 2.93 bits per heavy atom. The molecule has 14 heavy (non-hydrogen) atoms. The van der Waals surface area contributed by atoms with Crippen LogP contribution in [0.2, 0.25) is 0 Å². The number of fused-ring (bicyclic) bond motifs is 1. The summed E-state index contributed by atoms with van der Waals surface area (Å²) in [6.45, 7) is 2.06. The molecule has 1 heterocycles. The van der Waals surface area contributed by atoms with Crippen LogP contribution in [0.5, 0.6) is 0 Å². The van der Waals surface area contributed by atoms with Gasteiger partial charge in [0, 0.05) is 10.9 Å². The quantitative estimate of drug-likeness (QED) is 0.703. The Hall–Kier alpha value is -1.61. The van der Waals surface area contributed by atoms with Crippen molar-refractivity contribution in [1.29, 1.82) is 0 Å². The monoisotopic (exact) mass is 188 g/mol. The molecule has 0 spiro atoms. The van der Waals surface area contributed by atoms with Gasteiger partial charge < -0.3 is 10.7 Å². The Bertz CT molecular complexity index is 485. The molecule has 1 aromatic carbocycles. The first-order valence-electron chi connectivity index (χ1n) is 4.54. The lowest BCUT2D eigenvalue weighted by molar-refractivity contribution is 0.0997. The van der Waals surface area contributed by atoms with Crippen LogP contribution in [-0.4, -0.2) is 17.3 Å². The maximum absolute atomic E-state index is 11.3. The van der Waals surface area contributed by atoms with Crippen LogP contribution < -0.4 is 5.73 Å². The molecular weight excluding hydrogens is 176 g/mol. The fourth-order valence-corrected chi connectivity index (χ4v) is 1.57. The van der Waals surface area contributed by atoms with E-state index in [4.69, 9.17) is 5.73 Å². The fourth-order valence-electron chi connectivity index (χ4n) is 1.57. The van der Waals surface area contributed by atoms with Crippen molar-refractivity contribution in [3.63, 3.8) is 0 Å². The molecule has 1 aromatic heterocycles. The lowest BCUT2D eigenvalue weighted by Crippen LogP contribution is -2.13. The maximum Gasteiger partial charge on any atom is 0.192 e. The normalized spacial score (nSPS) is 10.7. The number of rotatable bonds is 2. The van der Waals surface area contributed by atoms with Crippen molar-refractivity contribution in [2.45, 2.75) is 6.92 Å². The van der Waals surface area contributed by atoms with Crippen LogP contribution in [0, 0.1) is 6.92 Å². The summed E-state index contributed by atoms with van der Waals surface area (Å²) in [5, 5.41) is 1.06. The molecule has 0 aliphatic heterocycles. The summed E-state index contributed by atoms with van der Waals surface area (Å²) in [5.41, 5.74) is 8.04. The zero-order valence-corrected chi connectivity index (χ0v) is 8.00. The predicted molar refractivity (Wildman–Crippen MR) is 56.4 cm³/mol. The average Bonchev–Trinajstić information content (AvgIpc) is 2.62. The van der Waals surface area contributed by atoms with E-state index >= 15 is 0 Å². The first-order valence-corrected chi connectivity index (χ1v) is 4.54. The molecule has 0 saturated carbocycles. The molecule has 0 saturated heterocycles. The molecule has 3 heteroatoms. The Kier molecular flexibility index (Phi) is 2.09. The second kappa shape index (κ2) is 3.27. The van der Waals surface area contributed by atoms with Crippen molar-refractivity contribution < 1.29 is 4.79 Å². The molecule has 0 bridgehead atoms. The molecule has 0 aliphatic rings. The minimum atomic E-state index is -0.0550. The van der Waals surface area contributed by atoms with Crippen molar-refractivity contribution in [3.05, 3.63) is 35.5 Å². The van der Waals surface area contributed by atoms with Gasteiger partial charge in [-0.05, 0) is 18.6 Å². The van der Waals surface area contributed by atoms with Crippen molar-refractivity contribution in [3.8, 4) is 0 Å². The van der Waals surface area contributed by atoms with Crippen LogP contribution in [0.1, 0.15) is 16.1 Å². The van der Waals surface area contributed by atoms with Crippen molar-refractivity contribution in [2.24, 2.45) is 5.73 Å². The van der Waals surface area contributed by atoms with E-state index in [-0.39, 0.29) is 12.3 Å². The highest BCUT2D eigenvalue weighted by Crippen LogP contribution is 2.18. The molecule has 0 amide bonds. The molecule has 0 atom stereocenters. The number of ketones is 1. The van der Waals surface area contributed by atoms with Crippen LogP contribution in [0.25, 0.3) is 10.9 Å². The molecule has 0 radical (unpaired) electrons. The molecule has 0 unspecified atom stereocenters. The Morgan fingerprint density at radius 1 is 1.50 bits per heavy atom. The largest absolute Gasteiger partial charge is 0.352 e. The number of carbonyl (C=O) groups is 1. The van der Waals surface area contributed by atoms with Crippen molar-refractivity contribution in [1.82, 2.24) is 4.98 Å². The second-order valence-electron chi connectivity index (χ2n) is 3.35. The topological polar surface area (TPSA) is 58.9 Å². The number of nitrogens with one attached hydrogen (secondary N) is 1. The average molecular weight is 188 g/mol. The number of hydrogen-bond donors (Lipinski definition) is 2. The summed E-state index contributed by atoms with van der Waals surface area (Å²) < 4.78 is 0. The fraction of sp³-hybridized carbons (Fsp3) is 0.182. The number of H-pyrrole nitrogens is 1. The number of nitrogens with two attached hydrogens (primary N) is 1. The van der Waals surface area contributed by atoms with Crippen LogP contribution in [0.4, 0.5) is 0 Å². The summed E-state index contributed by atoms with van der Waals surface area (Å²) in [4.78, 5) is 14.4. The second-order valence-corrected chi connectivity index (χ2v) is 3.35. The van der Waals surface area contributed by atoms with Crippen LogP contribution in [0.15, 0.2) is 24.3 Å². The zero-order chi connectivity index (χ0) is 10.1. The SMILES string of the molecule is Cc1cccc2cc(C(=O)CN)[nH]c12. The van der Waals surface area contributed by atoms with E-state index in [2.05, 4.69) is 4.98 Å². The summed E-state index contributed by atoms with van der Waals surface area (Å²) in [6, 6.07) is 7.81. The third-order valence-electron chi connectivity index (χ3n) is 2.35. The van der Waals surface area contributed by atoms with E-state index < -0.39 is 0 Å². The first-order chi connectivity index (χ1) is 6.72. The Labute approximate surface area is 81.9 Å². The highest BCUT2D eigenvalue weighted by Gasteiger charge is 2.07. The number of hydrogen-bond acceptors (Lipinski definition) is 2. The van der Waals surface area contributed by atoms with Gasteiger partial charge in [-0.2, -0.15) is 0 Å². The third-order valence-corrected chi connectivity index (χ3v) is 2.35. The summed E-state index contributed by atoms with van der Waals surface area (Å²) in [6.07, 6.45) is 0. The minimum Gasteiger partial charge on any atom is -0.352 e. The van der Waals surface area contributed by atoms with Crippen LogP contribution in [0.3, 0.4) is 0 Å². The number of para-hydroxylation sites is 1. The number of carbonyl (C=O) groups excluding carboxylic acids is 1. The van der Waals surface area contributed by atoms with E-state index in [1.807, 2.05) is 31.2 Å². The maximum atomic E-state index is 11.3. The van der Waals surface area contributed by atoms with E-state index in [1.165, 1.54) is 0 Å². The van der Waals surface area contributed by atoms with E-state index in [1.54, 1.807) is 0 Å². The van der Waals surface area contributed by atoms with Crippen molar-refractivity contribution in [2.75, 3.05) is 6.54 Å². The van der Waals surface area contributed by atoms with Gasteiger partial charge in [-0.1, -0.05) is 18.2 Å². The highest BCUT2D eigenvalue weighted by atomic mass is 16.1. The number of aromatic amines is 1. The summed E-state index contributed by atoms with van der Waals surface area (Å²) >= 11 is 0. The summed E-state index contributed by atoms with van der Waals surface area (Å²) in [7, 11) is 0. The molecule has 3 nitrogen and oxygen atoms in total. The highest BCUT2D eigenvalue weighted by molar-refractivity contribution is 6.00. The standard InChI is InChI=1S/C11H12N2O/c1-7-3-2-4-8-5-9(10(14)6-12)13-11(7)8/h2-5,13H,6,12H2,1H3. The molecule has 2 rings (SSSR count). The number of aromatic nitrogens is 1. The minimum absolute atomic E-state index is 0.0475. The van der Waals surface area contributed by atoms with Gasteiger partial charge in [0.05, 0.1) is 12.2 Å². The van der Waals surface area contributed by atoms with Gasteiger partial charge in [0.1, 0.15) is 0 Å². The Morgan fingerprint density at radius 2 is 2.29 bits per heavy atom. The summed E-state index contributed by atoms with van der Waals surface area (Å²) in [5.74, 6) is -0.0550. The number of benzene rings is 1. The van der Waals surface area contributed by atoms with E-state index in [9.17, 15) is 4.79 Å². The lowest BCUT2D eigenvalue weighted by Gasteiger charge is -1.93. The van der Waals surface area contributed by atoms with Gasteiger partial charge in [0.2, 0.25) is 0 Å².